The van der Waals surface area contributed by atoms with Crippen molar-refractivity contribution in [2.24, 2.45) is 5.92 Å². The van der Waals surface area contributed by atoms with E-state index in [0.717, 1.165) is 19.4 Å². The Morgan fingerprint density at radius 2 is 2.19 bits per heavy atom. The van der Waals surface area contributed by atoms with E-state index in [-0.39, 0.29) is 17.9 Å². The summed E-state index contributed by atoms with van der Waals surface area (Å²) in [5, 5.41) is 8.90. The van der Waals surface area contributed by atoms with Crippen molar-refractivity contribution in [1.29, 1.82) is 0 Å². The van der Waals surface area contributed by atoms with Gasteiger partial charge in [0.2, 0.25) is 5.91 Å². The average Bonchev–Trinajstić information content (AvgIpc) is 2.48. The van der Waals surface area contributed by atoms with Crippen LogP contribution in [0.3, 0.4) is 0 Å². The number of piperidine rings is 1. The van der Waals surface area contributed by atoms with Crippen LogP contribution in [-0.4, -0.2) is 30.9 Å². The summed E-state index contributed by atoms with van der Waals surface area (Å²) in [6.45, 7) is 5.42. The number of benzene rings is 1. The third-order valence-electron chi connectivity index (χ3n) is 3.78. The van der Waals surface area contributed by atoms with Gasteiger partial charge in [0.1, 0.15) is 0 Å². The minimum Gasteiger partial charge on any atom is -0.352 e. The van der Waals surface area contributed by atoms with Gasteiger partial charge in [-0.3, -0.25) is 9.59 Å². The molecule has 2 unspecified atom stereocenters. The fourth-order valence-corrected chi connectivity index (χ4v) is 2.62. The maximum absolute atomic E-state index is 12.3. The molecule has 0 aliphatic carbocycles. The van der Waals surface area contributed by atoms with Gasteiger partial charge < -0.3 is 16.0 Å². The van der Waals surface area contributed by atoms with E-state index >= 15 is 0 Å². The second-order valence-corrected chi connectivity index (χ2v) is 5.48. The van der Waals surface area contributed by atoms with Crippen molar-refractivity contribution in [2.75, 3.05) is 18.4 Å². The summed E-state index contributed by atoms with van der Waals surface area (Å²) in [7, 11) is 0. The molecule has 2 amide bonds. The predicted molar refractivity (Wildman–Crippen MR) is 83.3 cm³/mol. The molecule has 1 aromatic carbocycles. The van der Waals surface area contributed by atoms with Gasteiger partial charge in [0, 0.05) is 17.8 Å². The third kappa shape index (κ3) is 4.04. The van der Waals surface area contributed by atoms with Crippen LogP contribution in [0.4, 0.5) is 5.69 Å². The number of carbonyl (C=O) groups excluding carboxylic acids is 2. The van der Waals surface area contributed by atoms with Gasteiger partial charge in [-0.05, 0) is 50.4 Å². The largest absolute Gasteiger partial charge is 0.352 e. The number of nitrogens with one attached hydrogen (secondary N) is 3. The van der Waals surface area contributed by atoms with Crippen molar-refractivity contribution in [1.82, 2.24) is 10.6 Å². The Morgan fingerprint density at radius 1 is 1.38 bits per heavy atom. The Bertz CT molecular complexity index is 516. The minimum absolute atomic E-state index is 0.0322. The molecule has 1 aliphatic heterocycles. The lowest BCUT2D eigenvalue weighted by atomic mass is 9.92. The molecule has 114 valence electrons. The Labute approximate surface area is 125 Å². The van der Waals surface area contributed by atoms with Crippen molar-refractivity contribution in [3.8, 4) is 0 Å². The van der Waals surface area contributed by atoms with E-state index in [1.54, 1.807) is 24.3 Å². The van der Waals surface area contributed by atoms with E-state index in [4.69, 9.17) is 0 Å². The van der Waals surface area contributed by atoms with Crippen molar-refractivity contribution in [2.45, 2.75) is 32.7 Å². The summed E-state index contributed by atoms with van der Waals surface area (Å²) < 4.78 is 0. The van der Waals surface area contributed by atoms with Crippen LogP contribution in [0.25, 0.3) is 0 Å². The number of hydrogen-bond donors (Lipinski definition) is 3. The average molecular weight is 289 g/mol. The number of carbonyl (C=O) groups is 2. The molecule has 1 aliphatic rings. The van der Waals surface area contributed by atoms with Crippen LogP contribution >= 0.6 is 0 Å². The molecule has 1 heterocycles. The van der Waals surface area contributed by atoms with Crippen LogP contribution in [0.1, 0.15) is 37.0 Å². The van der Waals surface area contributed by atoms with Gasteiger partial charge in [0.05, 0.1) is 6.04 Å². The zero-order chi connectivity index (χ0) is 15.2. The third-order valence-corrected chi connectivity index (χ3v) is 3.78. The van der Waals surface area contributed by atoms with Gasteiger partial charge in [0.15, 0.2) is 0 Å². The zero-order valence-corrected chi connectivity index (χ0v) is 12.6. The van der Waals surface area contributed by atoms with Crippen molar-refractivity contribution >= 4 is 17.5 Å². The smallest absolute Gasteiger partial charge is 0.251 e. The molecule has 1 aromatic rings. The molecular weight excluding hydrogens is 266 g/mol. The van der Waals surface area contributed by atoms with E-state index in [1.165, 1.54) is 0 Å². The summed E-state index contributed by atoms with van der Waals surface area (Å²) >= 11 is 0. The highest BCUT2D eigenvalue weighted by molar-refractivity contribution is 5.98. The molecule has 1 fully saturated rings. The highest BCUT2D eigenvalue weighted by atomic mass is 16.2. The second kappa shape index (κ2) is 7.22. The van der Waals surface area contributed by atoms with Gasteiger partial charge in [0.25, 0.3) is 5.91 Å². The monoisotopic (exact) mass is 289 g/mol. The van der Waals surface area contributed by atoms with Crippen LogP contribution in [0.15, 0.2) is 24.3 Å². The quantitative estimate of drug-likeness (QED) is 0.791. The Morgan fingerprint density at radius 3 is 2.90 bits per heavy atom. The molecule has 0 saturated carbocycles. The molecule has 3 N–H and O–H groups in total. The summed E-state index contributed by atoms with van der Waals surface area (Å²) in [5.41, 5.74) is 1.21. The van der Waals surface area contributed by atoms with Crippen molar-refractivity contribution in [3.63, 3.8) is 0 Å². The molecule has 0 bridgehead atoms. The fourth-order valence-electron chi connectivity index (χ4n) is 2.62. The first-order valence-corrected chi connectivity index (χ1v) is 7.54. The molecule has 2 atom stereocenters. The van der Waals surface area contributed by atoms with Crippen LogP contribution in [-0.2, 0) is 4.79 Å². The van der Waals surface area contributed by atoms with Crippen molar-refractivity contribution < 1.29 is 9.59 Å². The SMILES string of the molecule is CCNC(=O)c1cccc(NC(=O)C2NCCCC2C)c1. The first kappa shape index (κ1) is 15.5. The molecule has 2 rings (SSSR count). The van der Waals surface area contributed by atoms with Crippen LogP contribution < -0.4 is 16.0 Å². The minimum atomic E-state index is -0.160. The second-order valence-electron chi connectivity index (χ2n) is 5.48. The van der Waals surface area contributed by atoms with E-state index in [2.05, 4.69) is 22.9 Å². The summed E-state index contributed by atoms with van der Waals surface area (Å²) in [4.78, 5) is 24.1. The van der Waals surface area contributed by atoms with Crippen LogP contribution in [0.5, 0.6) is 0 Å². The highest BCUT2D eigenvalue weighted by Gasteiger charge is 2.27. The molecule has 5 nitrogen and oxygen atoms in total. The van der Waals surface area contributed by atoms with Gasteiger partial charge in [-0.1, -0.05) is 13.0 Å². The Kier molecular flexibility index (Phi) is 5.33. The number of hydrogen-bond acceptors (Lipinski definition) is 3. The van der Waals surface area contributed by atoms with Gasteiger partial charge in [-0.25, -0.2) is 0 Å². The first-order valence-electron chi connectivity index (χ1n) is 7.54. The molecular formula is C16H23N3O2. The highest BCUT2D eigenvalue weighted by Crippen LogP contribution is 2.18. The molecule has 0 spiro atoms. The van der Waals surface area contributed by atoms with E-state index < -0.39 is 0 Å². The first-order chi connectivity index (χ1) is 10.1. The lowest BCUT2D eigenvalue weighted by molar-refractivity contribution is -0.119. The topological polar surface area (TPSA) is 70.2 Å². The molecule has 0 radical (unpaired) electrons. The predicted octanol–water partition coefficient (Wildman–Crippen LogP) is 1.76. The van der Waals surface area contributed by atoms with Crippen LogP contribution in [0.2, 0.25) is 0 Å². The summed E-state index contributed by atoms with van der Waals surface area (Å²) in [6, 6.07) is 6.86. The van der Waals surface area contributed by atoms with E-state index in [1.807, 2.05) is 6.92 Å². The van der Waals surface area contributed by atoms with E-state index in [0.29, 0.717) is 23.7 Å². The van der Waals surface area contributed by atoms with E-state index in [9.17, 15) is 9.59 Å². The molecule has 5 heteroatoms. The summed E-state index contributed by atoms with van der Waals surface area (Å²) in [5.74, 6) is 0.165. The van der Waals surface area contributed by atoms with Crippen molar-refractivity contribution in [3.05, 3.63) is 29.8 Å². The normalized spacial score (nSPS) is 21.6. The number of anilines is 1. The van der Waals surface area contributed by atoms with Crippen LogP contribution in [0, 0.1) is 5.92 Å². The maximum atomic E-state index is 12.3. The Hall–Kier alpha value is -1.88. The van der Waals surface area contributed by atoms with Gasteiger partial charge >= 0.3 is 0 Å². The number of amides is 2. The Balaban J connectivity index is 2.03. The van der Waals surface area contributed by atoms with Gasteiger partial charge in [-0.2, -0.15) is 0 Å². The lowest BCUT2D eigenvalue weighted by Gasteiger charge is -2.28. The molecule has 0 aromatic heterocycles. The molecule has 1 saturated heterocycles. The number of rotatable bonds is 4. The fraction of sp³-hybridized carbons (Fsp3) is 0.500. The lowest BCUT2D eigenvalue weighted by Crippen LogP contribution is -2.48. The zero-order valence-electron chi connectivity index (χ0n) is 12.6. The van der Waals surface area contributed by atoms with Gasteiger partial charge in [-0.15, -0.1) is 0 Å². The standard InChI is InChI=1S/C16H23N3O2/c1-3-17-15(20)12-7-4-8-13(10-12)19-16(21)14-11(2)6-5-9-18-14/h4,7-8,10-11,14,18H,3,5-6,9H2,1-2H3,(H,17,20)(H,19,21). The molecule has 21 heavy (non-hydrogen) atoms. The maximum Gasteiger partial charge on any atom is 0.251 e. The summed E-state index contributed by atoms with van der Waals surface area (Å²) in [6.07, 6.45) is 2.17.